The van der Waals surface area contributed by atoms with Gasteiger partial charge in [-0.2, -0.15) is 0 Å². The molecule has 0 amide bonds. The van der Waals surface area contributed by atoms with Gasteiger partial charge in [-0.1, -0.05) is 153 Å². The van der Waals surface area contributed by atoms with Crippen LogP contribution in [0.5, 0.6) is 57.5 Å². The van der Waals surface area contributed by atoms with E-state index in [0.717, 1.165) is 101 Å². The number of fused-ring (bicyclic) bond motifs is 3. The van der Waals surface area contributed by atoms with E-state index in [1.165, 1.54) is 19.1 Å². The molecule has 0 N–H and O–H groups in total. The lowest BCUT2D eigenvalue weighted by atomic mass is 9.96. The molecule has 0 radical (unpaired) electrons. The lowest BCUT2D eigenvalue weighted by Crippen LogP contribution is -3.00. The summed E-state index contributed by atoms with van der Waals surface area (Å²) in [5.74, 6) is 6.98. The van der Waals surface area contributed by atoms with Crippen molar-refractivity contribution in [2.75, 3.05) is 71.1 Å². The van der Waals surface area contributed by atoms with Crippen molar-refractivity contribution in [3.8, 4) is 91.3 Å². The highest BCUT2D eigenvalue weighted by Gasteiger charge is 2.30. The monoisotopic (exact) mass is 1450 g/mol. The Morgan fingerprint density at radius 1 is 0.400 bits per heavy atom. The van der Waals surface area contributed by atoms with Crippen LogP contribution >= 0.6 is 12.4 Å². The van der Waals surface area contributed by atoms with E-state index >= 15 is 0 Å². The first-order valence-corrected chi connectivity index (χ1v) is 32.2. The molecule has 0 saturated carbocycles. The summed E-state index contributed by atoms with van der Waals surface area (Å²) < 4.78 is 60.5. The minimum Gasteiger partial charge on any atom is -1.00 e. The minimum atomic E-state index is -0.146. The first-order valence-electron chi connectivity index (χ1n) is 32.2. The smallest absolute Gasteiger partial charge is 0.212 e. The van der Waals surface area contributed by atoms with E-state index in [4.69, 9.17) is 58.7 Å². The molecule has 0 aliphatic carbocycles. The number of carbonyl (C=O) groups excluding carboxylic acids is 1. The second kappa shape index (κ2) is 41.5. The van der Waals surface area contributed by atoms with E-state index in [1.54, 1.807) is 94.3 Å². The molecule has 0 spiro atoms. The second-order valence-corrected chi connectivity index (χ2v) is 22.4. The summed E-state index contributed by atoms with van der Waals surface area (Å²) >= 11 is 0. The summed E-state index contributed by atoms with van der Waals surface area (Å²) in [6.07, 6.45) is 7.98. The molecule has 4 heterocycles. The number of aldehydes is 1. The van der Waals surface area contributed by atoms with Gasteiger partial charge in [0, 0.05) is 56.9 Å². The number of para-hydroxylation sites is 1. The molecule has 0 bridgehead atoms. The first kappa shape index (κ1) is 81.6. The number of rotatable bonds is 16. The molecule has 17 nitrogen and oxygen atoms in total. The van der Waals surface area contributed by atoms with Crippen LogP contribution < -0.4 is 64.3 Å². The van der Waals surface area contributed by atoms with Crippen LogP contribution in [-0.4, -0.2) is 93.8 Å². The Bertz CT molecular complexity index is 4810. The van der Waals surface area contributed by atoms with Crippen LogP contribution in [-0.2, 0) is 11.8 Å². The van der Waals surface area contributed by atoms with Crippen molar-refractivity contribution >= 4 is 63.1 Å². The third-order valence-electron chi connectivity index (χ3n) is 16.3. The molecule has 0 fully saturated rings. The van der Waals surface area contributed by atoms with E-state index in [2.05, 4.69) is 104 Å². The zero-order chi connectivity index (χ0) is 72.2. The number of aryl methyl sites for hydroxylation is 1. The van der Waals surface area contributed by atoms with Crippen LogP contribution in [0.3, 0.4) is 0 Å². The molecule has 3 aromatic heterocycles. The van der Waals surface area contributed by atoms with Crippen LogP contribution in [0.2, 0.25) is 0 Å². The standard InChI is InChI=1S/C18H18NO2.C17H17NO3.2C17H15NO2.C9H10O3.C7H5N.CH4.2ClH/c1-19-12-15-11-18(21-3)17(20-2)10-14(15)9-16(19)13-7-5-4-6-8-13;1-19-14-9-8-13(10-15(14)20-2)17-16(18-11-21-17)12-6-4-3-5-7-12;2*1-19-16-9-13-8-15(12-6-4-3-5-7-12)18-11-14(13)10-17(16)20-2;1-11-8-4-3-7(6-10)5-9(8)12-2;1-8-7-5-3-2-4-6-7;;;/h4-12H,1-3H3;3-11,16-17H,1-2H3;2*3-11H,1-2H3;3-6H,1-2H3;2-6H;1H4;2*1H/q+1;;;;;;;;/p-1/t;16-,17-;;;;;;;/m.1......./s1. The lowest BCUT2D eigenvalue weighted by Gasteiger charge is -2.19. The van der Waals surface area contributed by atoms with Gasteiger partial charge in [0.2, 0.25) is 5.69 Å². The van der Waals surface area contributed by atoms with Gasteiger partial charge in [0.25, 0.3) is 0 Å². The Morgan fingerprint density at radius 2 is 0.762 bits per heavy atom. The summed E-state index contributed by atoms with van der Waals surface area (Å²) in [6.45, 7) is 6.57. The van der Waals surface area contributed by atoms with Gasteiger partial charge in [-0.05, 0) is 118 Å². The molecular formula is C86H85Cl2N5O12. The van der Waals surface area contributed by atoms with Crippen LogP contribution in [0.1, 0.15) is 41.1 Å². The summed E-state index contributed by atoms with van der Waals surface area (Å²) in [6, 6.07) is 78.8. The fraction of sp³-hybridized carbons (Fsp3) is 0.163. The predicted molar refractivity (Wildman–Crippen MR) is 417 cm³/mol. The van der Waals surface area contributed by atoms with E-state index in [-0.39, 0.29) is 44.4 Å². The largest absolute Gasteiger partial charge is 1.00 e. The number of pyridine rings is 3. The van der Waals surface area contributed by atoms with Gasteiger partial charge in [-0.3, -0.25) is 14.8 Å². The molecule has 1 aliphatic heterocycles. The van der Waals surface area contributed by atoms with Crippen LogP contribution in [0.15, 0.2) is 266 Å². The van der Waals surface area contributed by atoms with E-state index in [1.807, 2.05) is 158 Å². The van der Waals surface area contributed by atoms with Crippen molar-refractivity contribution in [1.29, 1.82) is 0 Å². The second-order valence-electron chi connectivity index (χ2n) is 22.4. The lowest BCUT2D eigenvalue weighted by molar-refractivity contribution is -0.659. The average molecular weight is 1450 g/mol. The Morgan fingerprint density at radius 3 is 1.17 bits per heavy atom. The minimum absolute atomic E-state index is 0. The van der Waals surface area contributed by atoms with Gasteiger partial charge in [0.15, 0.2) is 81.9 Å². The van der Waals surface area contributed by atoms with Crippen molar-refractivity contribution in [2.45, 2.75) is 19.6 Å². The van der Waals surface area contributed by atoms with Gasteiger partial charge < -0.3 is 64.5 Å². The first-order chi connectivity index (χ1) is 49.9. The zero-order valence-corrected chi connectivity index (χ0v) is 61.1. The van der Waals surface area contributed by atoms with Gasteiger partial charge in [-0.25, -0.2) is 14.4 Å². The number of ether oxygens (including phenoxy) is 11. The van der Waals surface area contributed by atoms with Crippen molar-refractivity contribution in [3.05, 3.63) is 289 Å². The molecule has 10 aromatic carbocycles. The number of hydrogen-bond acceptors (Lipinski definition) is 15. The summed E-state index contributed by atoms with van der Waals surface area (Å²) in [4.78, 5) is 27.1. The fourth-order valence-corrected chi connectivity index (χ4v) is 11.0. The van der Waals surface area contributed by atoms with Crippen molar-refractivity contribution in [1.82, 2.24) is 9.97 Å². The van der Waals surface area contributed by atoms with Gasteiger partial charge in [0.05, 0.1) is 89.1 Å². The summed E-state index contributed by atoms with van der Waals surface area (Å²) in [5.41, 5.74) is 9.88. The number of benzene rings is 10. The highest BCUT2D eigenvalue weighted by atomic mass is 35.5. The molecule has 0 saturated heterocycles. The Balaban J connectivity index is 0.000000201. The Kier molecular flexibility index (Phi) is 32.3. The van der Waals surface area contributed by atoms with Crippen molar-refractivity contribution < 1.29 is 73.9 Å². The summed E-state index contributed by atoms with van der Waals surface area (Å²) in [7, 11) is 18.3. The van der Waals surface area contributed by atoms with E-state index in [0.29, 0.717) is 45.7 Å². The third kappa shape index (κ3) is 21.4. The molecule has 2 atom stereocenters. The molecule has 540 valence electrons. The number of hydrogen-bond donors (Lipinski definition) is 0. The van der Waals surface area contributed by atoms with Gasteiger partial charge in [0.1, 0.15) is 19.4 Å². The normalized spacial score (nSPS) is 11.8. The number of nitrogens with zero attached hydrogens (tertiary/aromatic N) is 5. The van der Waals surface area contributed by atoms with Crippen LogP contribution in [0, 0.1) is 6.57 Å². The quantitative estimate of drug-likeness (QED) is 0.0509. The number of aliphatic imine (C=N–C) groups is 1. The Labute approximate surface area is 626 Å². The molecule has 13 aromatic rings. The molecule has 105 heavy (non-hydrogen) atoms. The molecule has 0 unspecified atom stereocenters. The van der Waals surface area contributed by atoms with Crippen molar-refractivity contribution in [2.24, 2.45) is 12.0 Å². The van der Waals surface area contributed by atoms with Gasteiger partial charge in [-0.15, -0.1) is 12.4 Å². The van der Waals surface area contributed by atoms with E-state index < -0.39 is 0 Å². The number of halogens is 2. The summed E-state index contributed by atoms with van der Waals surface area (Å²) in [5, 5.41) is 6.47. The molecule has 1 aliphatic rings. The average Bonchev–Trinajstić information content (AvgIpc) is 0.859. The van der Waals surface area contributed by atoms with Crippen molar-refractivity contribution in [3.63, 3.8) is 0 Å². The number of methoxy groups -OCH3 is 10. The third-order valence-corrected chi connectivity index (χ3v) is 16.3. The topological polar surface area (TPSA) is 165 Å². The number of aromatic nitrogens is 3. The number of carbonyl (C=O) groups is 1. The van der Waals surface area contributed by atoms with Gasteiger partial charge >= 0.3 is 0 Å². The van der Waals surface area contributed by atoms with Crippen LogP contribution in [0.25, 0.3) is 70.9 Å². The zero-order valence-electron chi connectivity index (χ0n) is 59.6. The van der Waals surface area contributed by atoms with E-state index in [9.17, 15) is 4.79 Å². The SMILES string of the molecule is C.COc1cc2cc(-c3ccccc3)[n+](C)cc2cc1OC.COc1cc2cnc(-c3ccccc3)cc2cc1OC.COc1cc2cnc(-c3ccccc3)cc2cc1OC.COc1ccc(C=O)cc1OC.COc1ccc([C@H]2OC=N[C@@H]2c2ccccc2)cc1OC.Cl.[C-]#[N+]c1ccccc1.[Cl-]. The van der Waals surface area contributed by atoms with Crippen LogP contribution in [0.4, 0.5) is 5.69 Å². The maximum atomic E-state index is 10.4. The maximum absolute atomic E-state index is 10.4. The molecule has 19 heteroatoms. The molecule has 14 rings (SSSR count). The highest BCUT2D eigenvalue weighted by molar-refractivity contribution is 5.90. The predicted octanol–water partition coefficient (Wildman–Crippen LogP) is 16.5. The maximum Gasteiger partial charge on any atom is 0.212 e. The fourth-order valence-electron chi connectivity index (χ4n) is 11.0. The highest BCUT2D eigenvalue weighted by Crippen LogP contribution is 2.42. The molecular weight excluding hydrogens is 1370 g/mol. The Hall–Kier alpha value is -12.4.